The van der Waals surface area contributed by atoms with Crippen LogP contribution in [0.25, 0.3) is 39.6 Å². The maximum absolute atomic E-state index is 14.2. The molecule has 4 aromatic rings. The standard InChI is InChI=1S/C25H15F4N3/c26-22-4-2-1-3-21(22)24-10-15(5-6-31-24)17-8-18(13-30-12-17)19-7-16-9-20(25(27,28)29)11-23(16)32-14-19/h1-10,12-14H,11H2. The van der Waals surface area contributed by atoms with Crippen LogP contribution in [0.5, 0.6) is 0 Å². The summed E-state index contributed by atoms with van der Waals surface area (Å²) in [6.07, 6.45) is 3.04. The van der Waals surface area contributed by atoms with E-state index in [9.17, 15) is 17.6 Å². The van der Waals surface area contributed by atoms with Gasteiger partial charge in [-0.15, -0.1) is 0 Å². The van der Waals surface area contributed by atoms with Crippen LogP contribution in [-0.4, -0.2) is 21.1 Å². The van der Waals surface area contributed by atoms with E-state index in [0.717, 1.165) is 22.8 Å². The summed E-state index contributed by atoms with van der Waals surface area (Å²) in [6.45, 7) is 0. The van der Waals surface area contributed by atoms with Gasteiger partial charge in [0.05, 0.1) is 11.4 Å². The van der Waals surface area contributed by atoms with Crippen LogP contribution in [-0.2, 0) is 6.42 Å². The van der Waals surface area contributed by atoms with Gasteiger partial charge >= 0.3 is 6.18 Å². The van der Waals surface area contributed by atoms with Crippen molar-refractivity contribution in [3.8, 4) is 33.5 Å². The molecule has 1 aliphatic carbocycles. The summed E-state index contributed by atoms with van der Waals surface area (Å²) >= 11 is 0. The molecular weight excluding hydrogens is 418 g/mol. The Morgan fingerprint density at radius 1 is 0.781 bits per heavy atom. The van der Waals surface area contributed by atoms with Crippen molar-refractivity contribution in [3.63, 3.8) is 0 Å². The average molecular weight is 433 g/mol. The normalized spacial score (nSPS) is 13.1. The number of fused-ring (bicyclic) bond motifs is 1. The second-order valence-corrected chi connectivity index (χ2v) is 7.48. The maximum atomic E-state index is 14.2. The molecule has 0 bridgehead atoms. The first-order valence-electron chi connectivity index (χ1n) is 9.82. The Bertz CT molecular complexity index is 1360. The molecule has 0 unspecified atom stereocenters. The molecule has 7 heteroatoms. The number of rotatable bonds is 3. The number of aromatic nitrogens is 3. The van der Waals surface area contributed by atoms with E-state index in [0.29, 0.717) is 28.1 Å². The van der Waals surface area contributed by atoms with Crippen molar-refractivity contribution in [2.24, 2.45) is 0 Å². The zero-order valence-electron chi connectivity index (χ0n) is 16.6. The molecule has 0 N–H and O–H groups in total. The molecule has 0 radical (unpaired) electrons. The third-order valence-corrected chi connectivity index (χ3v) is 5.37. The first kappa shape index (κ1) is 20.1. The molecule has 5 rings (SSSR count). The fourth-order valence-electron chi connectivity index (χ4n) is 3.72. The molecule has 0 amide bonds. The van der Waals surface area contributed by atoms with Gasteiger partial charge in [-0.1, -0.05) is 12.1 Å². The van der Waals surface area contributed by atoms with E-state index in [4.69, 9.17) is 0 Å². The molecule has 0 aliphatic heterocycles. The zero-order valence-corrected chi connectivity index (χ0v) is 16.6. The minimum absolute atomic E-state index is 0.215. The minimum atomic E-state index is -4.36. The molecule has 0 saturated heterocycles. The van der Waals surface area contributed by atoms with Crippen LogP contribution in [0.3, 0.4) is 0 Å². The van der Waals surface area contributed by atoms with E-state index < -0.39 is 11.7 Å². The van der Waals surface area contributed by atoms with Crippen molar-refractivity contribution in [1.82, 2.24) is 15.0 Å². The lowest BCUT2D eigenvalue weighted by atomic mass is 10.0. The first-order chi connectivity index (χ1) is 15.4. The van der Waals surface area contributed by atoms with Crippen molar-refractivity contribution in [3.05, 3.63) is 96.0 Å². The monoisotopic (exact) mass is 433 g/mol. The Labute approximate surface area is 181 Å². The Morgan fingerprint density at radius 3 is 2.31 bits per heavy atom. The van der Waals surface area contributed by atoms with E-state index >= 15 is 0 Å². The van der Waals surface area contributed by atoms with E-state index in [-0.39, 0.29) is 12.2 Å². The summed E-state index contributed by atoms with van der Waals surface area (Å²) in [4.78, 5) is 12.8. The zero-order chi connectivity index (χ0) is 22.3. The van der Waals surface area contributed by atoms with Gasteiger partial charge < -0.3 is 0 Å². The van der Waals surface area contributed by atoms with Gasteiger partial charge in [0.2, 0.25) is 0 Å². The Balaban J connectivity index is 1.50. The summed E-state index contributed by atoms with van der Waals surface area (Å²) < 4.78 is 53.3. The molecule has 3 aromatic heterocycles. The molecule has 0 saturated carbocycles. The summed E-state index contributed by atoms with van der Waals surface area (Å²) in [5, 5.41) is 0. The SMILES string of the molecule is Fc1ccccc1-c1cc(-c2cncc(-c3cnc4c(c3)C=C(C(F)(F)F)C4)c2)ccn1. The third kappa shape index (κ3) is 3.77. The fraction of sp³-hybridized carbons (Fsp3) is 0.0800. The molecule has 1 aromatic carbocycles. The summed E-state index contributed by atoms with van der Waals surface area (Å²) in [5.74, 6) is -0.362. The number of benzene rings is 1. The maximum Gasteiger partial charge on any atom is 0.413 e. The number of alkyl halides is 3. The van der Waals surface area contributed by atoms with Crippen molar-refractivity contribution in [2.75, 3.05) is 0 Å². The second-order valence-electron chi connectivity index (χ2n) is 7.48. The lowest BCUT2D eigenvalue weighted by Crippen LogP contribution is -2.11. The minimum Gasteiger partial charge on any atom is -0.263 e. The molecule has 1 aliphatic rings. The number of hydrogen-bond acceptors (Lipinski definition) is 3. The van der Waals surface area contributed by atoms with Crippen LogP contribution in [0.4, 0.5) is 17.6 Å². The van der Waals surface area contributed by atoms with Gasteiger partial charge in [0.25, 0.3) is 0 Å². The van der Waals surface area contributed by atoms with Gasteiger partial charge in [-0.2, -0.15) is 13.2 Å². The third-order valence-electron chi connectivity index (χ3n) is 5.37. The van der Waals surface area contributed by atoms with Gasteiger partial charge in [0, 0.05) is 59.0 Å². The Morgan fingerprint density at radius 2 is 1.53 bits per heavy atom. The highest BCUT2D eigenvalue weighted by Crippen LogP contribution is 2.37. The highest BCUT2D eigenvalue weighted by molar-refractivity contribution is 5.76. The summed E-state index contributed by atoms with van der Waals surface area (Å²) in [5.41, 5.74) is 4.12. The first-order valence-corrected chi connectivity index (χ1v) is 9.82. The predicted molar refractivity (Wildman–Crippen MR) is 114 cm³/mol. The highest BCUT2D eigenvalue weighted by Gasteiger charge is 2.36. The van der Waals surface area contributed by atoms with Gasteiger partial charge in [-0.25, -0.2) is 4.39 Å². The van der Waals surface area contributed by atoms with E-state index in [1.165, 1.54) is 6.07 Å². The Hall–Kier alpha value is -3.87. The molecule has 0 atom stereocenters. The van der Waals surface area contributed by atoms with Crippen LogP contribution in [0, 0.1) is 5.82 Å². The number of allylic oxidation sites excluding steroid dienone is 1. The van der Waals surface area contributed by atoms with Crippen LogP contribution in [0.15, 0.2) is 78.9 Å². The van der Waals surface area contributed by atoms with E-state index in [2.05, 4.69) is 15.0 Å². The van der Waals surface area contributed by atoms with Crippen LogP contribution >= 0.6 is 0 Å². The number of halogens is 4. The quantitative estimate of drug-likeness (QED) is 0.346. The molecule has 0 fully saturated rings. The number of nitrogens with zero attached hydrogens (tertiary/aromatic N) is 3. The lowest BCUT2D eigenvalue weighted by molar-refractivity contribution is -0.0918. The molecule has 0 spiro atoms. The van der Waals surface area contributed by atoms with Gasteiger partial charge in [0.1, 0.15) is 5.82 Å². The lowest BCUT2D eigenvalue weighted by Gasteiger charge is -2.08. The molecule has 32 heavy (non-hydrogen) atoms. The molecular formula is C25H15F4N3. The smallest absolute Gasteiger partial charge is 0.263 e. The van der Waals surface area contributed by atoms with Crippen LogP contribution in [0.1, 0.15) is 11.3 Å². The number of hydrogen-bond donors (Lipinski definition) is 0. The van der Waals surface area contributed by atoms with Crippen LogP contribution < -0.4 is 0 Å². The predicted octanol–water partition coefficient (Wildman–Crippen LogP) is 6.51. The fourth-order valence-corrected chi connectivity index (χ4v) is 3.72. The van der Waals surface area contributed by atoms with Crippen molar-refractivity contribution >= 4 is 6.08 Å². The van der Waals surface area contributed by atoms with Crippen molar-refractivity contribution < 1.29 is 17.6 Å². The number of pyridine rings is 3. The molecule has 3 heterocycles. The average Bonchev–Trinajstić information content (AvgIpc) is 3.24. The van der Waals surface area contributed by atoms with Gasteiger partial charge in [-0.05, 0) is 53.6 Å². The van der Waals surface area contributed by atoms with Gasteiger partial charge in [0.15, 0.2) is 0 Å². The van der Waals surface area contributed by atoms with Crippen LogP contribution in [0.2, 0.25) is 0 Å². The van der Waals surface area contributed by atoms with E-state index in [1.54, 1.807) is 61.2 Å². The second kappa shape index (κ2) is 7.67. The molecule has 158 valence electrons. The summed E-state index contributed by atoms with van der Waals surface area (Å²) in [6, 6.07) is 13.5. The molecule has 3 nitrogen and oxygen atoms in total. The highest BCUT2D eigenvalue weighted by atomic mass is 19.4. The van der Waals surface area contributed by atoms with Gasteiger partial charge in [-0.3, -0.25) is 15.0 Å². The van der Waals surface area contributed by atoms with E-state index in [1.807, 2.05) is 6.07 Å². The summed E-state index contributed by atoms with van der Waals surface area (Å²) in [7, 11) is 0. The largest absolute Gasteiger partial charge is 0.413 e. The van der Waals surface area contributed by atoms with Crippen molar-refractivity contribution in [1.29, 1.82) is 0 Å². The topological polar surface area (TPSA) is 38.7 Å². The Kier molecular flexibility index (Phi) is 4.81. The van der Waals surface area contributed by atoms with Crippen molar-refractivity contribution in [2.45, 2.75) is 12.6 Å².